The van der Waals surface area contributed by atoms with Crippen molar-refractivity contribution < 1.29 is 19.5 Å². The first-order valence-electron chi connectivity index (χ1n) is 4.11. The largest absolute Gasteiger partial charge is 0.144 e. The van der Waals surface area contributed by atoms with Crippen LogP contribution in [-0.4, -0.2) is 0 Å². The summed E-state index contributed by atoms with van der Waals surface area (Å²) in [4.78, 5) is 2.33. The Bertz CT molecular complexity index is 407. The molecule has 68 valence electrons. The standard InChI is InChI=1S/C11H10S2.Zn/c1-8-4-5-10(12)9(7-8)11-3-2-6-13-11;/h2-7,12H,1H3;. The summed E-state index contributed by atoms with van der Waals surface area (Å²) in [5, 5.41) is 2.09. The van der Waals surface area contributed by atoms with Gasteiger partial charge in [-0.1, -0.05) is 17.7 Å². The van der Waals surface area contributed by atoms with Gasteiger partial charge in [0.15, 0.2) is 0 Å². The Kier molecular flexibility index (Phi) is 4.37. The Hall–Kier alpha value is -0.107. The van der Waals surface area contributed by atoms with E-state index < -0.39 is 0 Å². The number of rotatable bonds is 1. The summed E-state index contributed by atoms with van der Waals surface area (Å²) < 4.78 is 0. The Labute approximate surface area is 107 Å². The normalized spacial score (nSPS) is 9.57. The Morgan fingerprint density at radius 3 is 2.64 bits per heavy atom. The molecule has 0 nitrogen and oxygen atoms in total. The fourth-order valence-electron chi connectivity index (χ4n) is 1.28. The van der Waals surface area contributed by atoms with E-state index in [0.717, 1.165) is 4.90 Å². The molecule has 0 fully saturated rings. The van der Waals surface area contributed by atoms with Gasteiger partial charge in [0.1, 0.15) is 0 Å². The first-order chi connectivity index (χ1) is 6.27. The average Bonchev–Trinajstić information content (AvgIpc) is 2.61. The maximum absolute atomic E-state index is 4.44. The minimum atomic E-state index is 0. The Morgan fingerprint density at radius 1 is 1.21 bits per heavy atom. The summed E-state index contributed by atoms with van der Waals surface area (Å²) >= 11 is 6.19. The Balaban J connectivity index is 0.000000980. The van der Waals surface area contributed by atoms with Crippen LogP contribution in [0.3, 0.4) is 0 Å². The van der Waals surface area contributed by atoms with Gasteiger partial charge in [-0.15, -0.1) is 24.0 Å². The molecular formula is C11H10S2Zn. The van der Waals surface area contributed by atoms with E-state index in [-0.39, 0.29) is 19.5 Å². The van der Waals surface area contributed by atoms with Crippen molar-refractivity contribution >= 4 is 24.0 Å². The average molecular weight is 272 g/mol. The number of aryl methyl sites for hydroxylation is 1. The van der Waals surface area contributed by atoms with E-state index in [4.69, 9.17) is 0 Å². The van der Waals surface area contributed by atoms with Crippen molar-refractivity contribution in [2.75, 3.05) is 0 Å². The molecule has 0 amide bonds. The topological polar surface area (TPSA) is 0 Å². The summed E-state index contributed by atoms with van der Waals surface area (Å²) in [6.07, 6.45) is 0. The third-order valence-corrected chi connectivity index (χ3v) is 3.23. The minimum absolute atomic E-state index is 0. The fraction of sp³-hybridized carbons (Fsp3) is 0.0909. The van der Waals surface area contributed by atoms with E-state index in [1.165, 1.54) is 16.0 Å². The molecule has 0 radical (unpaired) electrons. The van der Waals surface area contributed by atoms with Crippen molar-refractivity contribution in [2.45, 2.75) is 11.8 Å². The van der Waals surface area contributed by atoms with Gasteiger partial charge in [-0.25, -0.2) is 0 Å². The van der Waals surface area contributed by atoms with E-state index in [9.17, 15) is 0 Å². The molecule has 3 heteroatoms. The summed E-state index contributed by atoms with van der Waals surface area (Å²) in [6, 6.07) is 10.5. The molecule has 0 spiro atoms. The van der Waals surface area contributed by atoms with Crippen LogP contribution in [0.25, 0.3) is 10.4 Å². The molecule has 0 aliphatic carbocycles. The quantitative estimate of drug-likeness (QED) is 0.588. The first-order valence-corrected chi connectivity index (χ1v) is 5.43. The maximum atomic E-state index is 4.44. The fourth-order valence-corrected chi connectivity index (χ4v) is 2.37. The van der Waals surface area contributed by atoms with E-state index in [0.29, 0.717) is 0 Å². The molecule has 0 saturated carbocycles. The van der Waals surface area contributed by atoms with Crippen molar-refractivity contribution in [3.63, 3.8) is 0 Å². The minimum Gasteiger partial charge on any atom is -0.144 e. The summed E-state index contributed by atoms with van der Waals surface area (Å²) in [5.74, 6) is 0. The van der Waals surface area contributed by atoms with Crippen LogP contribution in [0.4, 0.5) is 0 Å². The molecule has 0 saturated heterocycles. The number of thiol groups is 1. The van der Waals surface area contributed by atoms with Gasteiger partial charge in [-0.05, 0) is 30.5 Å². The smallest absolute Gasteiger partial charge is 0.0353 e. The second-order valence-electron chi connectivity index (χ2n) is 3.00. The van der Waals surface area contributed by atoms with Crippen molar-refractivity contribution in [3.8, 4) is 10.4 Å². The number of thiophene rings is 1. The third-order valence-electron chi connectivity index (χ3n) is 1.94. The zero-order valence-corrected chi connectivity index (χ0v) is 12.7. The predicted octanol–water partition coefficient (Wildman–Crippen LogP) is 4.01. The van der Waals surface area contributed by atoms with Gasteiger partial charge >= 0.3 is 0 Å². The molecule has 0 atom stereocenters. The molecule has 1 aromatic heterocycles. The van der Waals surface area contributed by atoms with Gasteiger partial charge in [0.25, 0.3) is 0 Å². The van der Waals surface area contributed by atoms with Crippen LogP contribution in [0.1, 0.15) is 5.56 Å². The number of hydrogen-bond acceptors (Lipinski definition) is 2. The molecule has 2 aromatic rings. The zero-order chi connectivity index (χ0) is 9.26. The molecule has 0 bridgehead atoms. The number of benzene rings is 1. The second-order valence-corrected chi connectivity index (χ2v) is 4.43. The van der Waals surface area contributed by atoms with Crippen molar-refractivity contribution in [2.24, 2.45) is 0 Å². The van der Waals surface area contributed by atoms with Crippen molar-refractivity contribution in [1.29, 1.82) is 0 Å². The van der Waals surface area contributed by atoms with Crippen molar-refractivity contribution in [3.05, 3.63) is 41.3 Å². The van der Waals surface area contributed by atoms with Crippen LogP contribution in [0.2, 0.25) is 0 Å². The van der Waals surface area contributed by atoms with Crippen LogP contribution >= 0.6 is 24.0 Å². The van der Waals surface area contributed by atoms with Crippen LogP contribution in [0, 0.1) is 6.92 Å². The molecule has 0 unspecified atom stereocenters. The van der Waals surface area contributed by atoms with Crippen LogP contribution in [0.15, 0.2) is 40.6 Å². The summed E-state index contributed by atoms with van der Waals surface area (Å²) in [5.41, 5.74) is 2.51. The predicted molar refractivity (Wildman–Crippen MR) is 61.7 cm³/mol. The molecule has 0 N–H and O–H groups in total. The van der Waals surface area contributed by atoms with Gasteiger partial charge < -0.3 is 0 Å². The van der Waals surface area contributed by atoms with E-state index in [1.807, 2.05) is 6.07 Å². The summed E-state index contributed by atoms with van der Waals surface area (Å²) in [6.45, 7) is 2.10. The summed E-state index contributed by atoms with van der Waals surface area (Å²) in [7, 11) is 0. The van der Waals surface area contributed by atoms with E-state index in [1.54, 1.807) is 11.3 Å². The van der Waals surface area contributed by atoms with Gasteiger partial charge in [0.2, 0.25) is 0 Å². The molecule has 2 rings (SSSR count). The molecule has 0 aliphatic heterocycles. The molecular weight excluding hydrogens is 262 g/mol. The molecule has 1 heterocycles. The number of hydrogen-bond donors (Lipinski definition) is 1. The molecule has 1 aromatic carbocycles. The third kappa shape index (κ3) is 2.47. The van der Waals surface area contributed by atoms with Gasteiger partial charge in [-0.3, -0.25) is 0 Å². The maximum Gasteiger partial charge on any atom is 0.0353 e. The van der Waals surface area contributed by atoms with Gasteiger partial charge in [0.05, 0.1) is 0 Å². The van der Waals surface area contributed by atoms with E-state index >= 15 is 0 Å². The molecule has 0 aliphatic rings. The Morgan fingerprint density at radius 2 is 2.00 bits per heavy atom. The van der Waals surface area contributed by atoms with Crippen LogP contribution in [-0.2, 0) is 19.5 Å². The van der Waals surface area contributed by atoms with Crippen LogP contribution < -0.4 is 0 Å². The first kappa shape index (κ1) is 12.0. The zero-order valence-electron chi connectivity index (χ0n) is 8.03. The van der Waals surface area contributed by atoms with E-state index in [2.05, 4.69) is 49.2 Å². The van der Waals surface area contributed by atoms with Crippen LogP contribution in [0.5, 0.6) is 0 Å². The second kappa shape index (κ2) is 5.11. The van der Waals surface area contributed by atoms with Gasteiger partial charge in [0, 0.05) is 34.8 Å². The van der Waals surface area contributed by atoms with Crippen molar-refractivity contribution in [1.82, 2.24) is 0 Å². The van der Waals surface area contributed by atoms with Gasteiger partial charge in [-0.2, -0.15) is 0 Å². The molecule has 14 heavy (non-hydrogen) atoms. The monoisotopic (exact) mass is 270 g/mol. The SMILES string of the molecule is Cc1ccc(S)c(-c2cccs2)c1.[Zn].